The van der Waals surface area contributed by atoms with Crippen LogP contribution in [0, 0.1) is 0 Å². The topological polar surface area (TPSA) is 38.7 Å². The van der Waals surface area contributed by atoms with Crippen LogP contribution in [0.4, 0.5) is 0 Å². The third-order valence-electron chi connectivity index (χ3n) is 3.12. The number of unbranched alkanes of at least 4 members (excludes halogenated alkanes) is 3. The fraction of sp³-hybridized carbons (Fsp3) is 0.529. The molecular formula is C17H25BrO3. The first kappa shape index (κ1) is 18.1. The summed E-state index contributed by atoms with van der Waals surface area (Å²) >= 11 is 3.43. The number of hydrogen-bond acceptors (Lipinski definition) is 3. The zero-order chi connectivity index (χ0) is 15.3. The summed E-state index contributed by atoms with van der Waals surface area (Å²) in [6.07, 6.45) is 9.90. The minimum absolute atomic E-state index is 0.165. The molecule has 4 heteroatoms. The Morgan fingerprint density at radius 3 is 2.71 bits per heavy atom. The first-order chi connectivity index (χ1) is 10.3. The summed E-state index contributed by atoms with van der Waals surface area (Å²) in [6, 6.07) is 5.32. The van der Waals surface area contributed by atoms with Crippen molar-refractivity contribution in [2.24, 2.45) is 0 Å². The Hall–Kier alpha value is -1.00. The highest BCUT2D eigenvalue weighted by Crippen LogP contribution is 2.26. The minimum atomic E-state index is 0.165. The Kier molecular flexibility index (Phi) is 10.0. The molecule has 1 aromatic rings. The monoisotopic (exact) mass is 356 g/mol. The average Bonchev–Trinajstić information content (AvgIpc) is 2.50. The predicted molar refractivity (Wildman–Crippen MR) is 91.4 cm³/mol. The highest BCUT2D eigenvalue weighted by molar-refractivity contribution is 9.09. The quantitative estimate of drug-likeness (QED) is 0.458. The first-order valence-electron chi connectivity index (χ1n) is 7.45. The third-order valence-corrected chi connectivity index (χ3v) is 3.68. The fourth-order valence-corrected chi connectivity index (χ4v) is 2.32. The molecule has 0 bridgehead atoms. The number of rotatable bonds is 11. The molecule has 0 radical (unpaired) electrons. The lowest BCUT2D eigenvalue weighted by atomic mass is 10.2. The number of hydrogen-bond donors (Lipinski definition) is 1. The van der Waals surface area contributed by atoms with E-state index < -0.39 is 0 Å². The van der Waals surface area contributed by atoms with E-state index in [2.05, 4.69) is 22.0 Å². The van der Waals surface area contributed by atoms with Crippen molar-refractivity contribution in [3.8, 4) is 11.5 Å². The van der Waals surface area contributed by atoms with Gasteiger partial charge in [-0.1, -0.05) is 47.0 Å². The molecule has 0 amide bonds. The SMILES string of the molecule is COc1cc(/C=C/CCOCCCCCCBr)ccc1O. The number of phenols is 1. The largest absolute Gasteiger partial charge is 0.504 e. The second-order valence-electron chi connectivity index (χ2n) is 4.84. The van der Waals surface area contributed by atoms with Crippen LogP contribution in [0.15, 0.2) is 24.3 Å². The Bertz CT molecular complexity index is 418. The zero-order valence-corrected chi connectivity index (χ0v) is 14.3. The molecule has 0 unspecified atom stereocenters. The maximum Gasteiger partial charge on any atom is 0.161 e. The highest BCUT2D eigenvalue weighted by Gasteiger charge is 1.99. The number of halogens is 1. The fourth-order valence-electron chi connectivity index (χ4n) is 1.92. The molecular weight excluding hydrogens is 332 g/mol. The molecule has 0 aliphatic rings. The molecule has 0 aliphatic carbocycles. The van der Waals surface area contributed by atoms with E-state index in [0.717, 1.165) is 36.9 Å². The van der Waals surface area contributed by atoms with Crippen LogP contribution in [-0.4, -0.2) is 30.8 Å². The maximum atomic E-state index is 9.51. The molecule has 0 spiro atoms. The van der Waals surface area contributed by atoms with Crippen molar-refractivity contribution in [2.75, 3.05) is 25.7 Å². The minimum Gasteiger partial charge on any atom is -0.504 e. The van der Waals surface area contributed by atoms with Crippen LogP contribution in [-0.2, 0) is 4.74 Å². The van der Waals surface area contributed by atoms with Crippen molar-refractivity contribution < 1.29 is 14.6 Å². The number of benzene rings is 1. The van der Waals surface area contributed by atoms with Crippen LogP contribution >= 0.6 is 15.9 Å². The second-order valence-corrected chi connectivity index (χ2v) is 5.63. The van der Waals surface area contributed by atoms with Gasteiger partial charge in [-0.25, -0.2) is 0 Å². The van der Waals surface area contributed by atoms with E-state index in [9.17, 15) is 5.11 Å². The van der Waals surface area contributed by atoms with E-state index in [1.54, 1.807) is 13.2 Å². The Labute approximate surface area is 136 Å². The van der Waals surface area contributed by atoms with Gasteiger partial charge in [-0.05, 0) is 37.0 Å². The van der Waals surface area contributed by atoms with Gasteiger partial charge in [0.1, 0.15) is 0 Å². The molecule has 1 aromatic carbocycles. The standard InChI is InChI=1S/C17H25BrO3/c1-20-17-14-15(9-10-16(17)19)8-4-7-13-21-12-6-3-2-5-11-18/h4,8-10,14,19H,2-3,5-7,11-13H2,1H3/b8-4+. The van der Waals surface area contributed by atoms with Gasteiger partial charge in [0.15, 0.2) is 11.5 Å². The van der Waals surface area contributed by atoms with Gasteiger partial charge in [0.2, 0.25) is 0 Å². The van der Waals surface area contributed by atoms with Crippen LogP contribution in [0.2, 0.25) is 0 Å². The summed E-state index contributed by atoms with van der Waals surface area (Å²) in [5.74, 6) is 0.662. The summed E-state index contributed by atoms with van der Waals surface area (Å²) in [6.45, 7) is 1.60. The van der Waals surface area contributed by atoms with Crippen LogP contribution in [0.1, 0.15) is 37.7 Å². The van der Waals surface area contributed by atoms with Crippen LogP contribution in [0.5, 0.6) is 11.5 Å². The molecule has 118 valence electrons. The van der Waals surface area contributed by atoms with E-state index in [4.69, 9.17) is 9.47 Å². The molecule has 0 aromatic heterocycles. The van der Waals surface area contributed by atoms with Crippen LogP contribution in [0.3, 0.4) is 0 Å². The van der Waals surface area contributed by atoms with Gasteiger partial charge in [-0.3, -0.25) is 0 Å². The molecule has 0 saturated carbocycles. The van der Waals surface area contributed by atoms with E-state index in [-0.39, 0.29) is 5.75 Å². The normalized spacial score (nSPS) is 11.1. The number of alkyl halides is 1. The Morgan fingerprint density at radius 2 is 1.95 bits per heavy atom. The number of aromatic hydroxyl groups is 1. The van der Waals surface area contributed by atoms with E-state index in [1.807, 2.05) is 18.2 Å². The van der Waals surface area contributed by atoms with Crippen molar-refractivity contribution in [1.29, 1.82) is 0 Å². The summed E-state index contributed by atoms with van der Waals surface area (Å²) in [5, 5.41) is 10.6. The molecule has 0 fully saturated rings. The van der Waals surface area contributed by atoms with Crippen molar-refractivity contribution in [3.63, 3.8) is 0 Å². The maximum absolute atomic E-state index is 9.51. The molecule has 0 heterocycles. The van der Waals surface area contributed by atoms with Gasteiger partial charge >= 0.3 is 0 Å². The first-order valence-corrected chi connectivity index (χ1v) is 8.57. The molecule has 1 N–H and O–H groups in total. The number of ether oxygens (including phenoxy) is 2. The smallest absolute Gasteiger partial charge is 0.161 e. The van der Waals surface area contributed by atoms with Crippen molar-refractivity contribution >= 4 is 22.0 Å². The molecule has 1 rings (SSSR count). The Balaban J connectivity index is 2.12. The van der Waals surface area contributed by atoms with Gasteiger partial charge in [0, 0.05) is 11.9 Å². The van der Waals surface area contributed by atoms with Gasteiger partial charge in [0.25, 0.3) is 0 Å². The van der Waals surface area contributed by atoms with Crippen molar-refractivity contribution in [1.82, 2.24) is 0 Å². The molecule has 3 nitrogen and oxygen atoms in total. The number of methoxy groups -OCH3 is 1. The lowest BCUT2D eigenvalue weighted by Crippen LogP contribution is -1.96. The van der Waals surface area contributed by atoms with Gasteiger partial charge < -0.3 is 14.6 Å². The Morgan fingerprint density at radius 1 is 1.14 bits per heavy atom. The summed E-state index contributed by atoms with van der Waals surface area (Å²) in [7, 11) is 1.55. The van der Waals surface area contributed by atoms with E-state index in [1.165, 1.54) is 19.3 Å². The zero-order valence-electron chi connectivity index (χ0n) is 12.7. The second kappa shape index (κ2) is 11.6. The van der Waals surface area contributed by atoms with Gasteiger partial charge in [-0.2, -0.15) is 0 Å². The third kappa shape index (κ3) is 8.12. The summed E-state index contributed by atoms with van der Waals surface area (Å²) < 4.78 is 10.7. The van der Waals surface area contributed by atoms with Gasteiger partial charge in [-0.15, -0.1) is 0 Å². The molecule has 0 atom stereocenters. The van der Waals surface area contributed by atoms with Gasteiger partial charge in [0.05, 0.1) is 13.7 Å². The average molecular weight is 357 g/mol. The van der Waals surface area contributed by atoms with Crippen molar-refractivity contribution in [3.05, 3.63) is 29.8 Å². The highest BCUT2D eigenvalue weighted by atomic mass is 79.9. The number of phenolic OH excluding ortho intramolecular Hbond substituents is 1. The summed E-state index contributed by atoms with van der Waals surface area (Å²) in [4.78, 5) is 0. The molecule has 21 heavy (non-hydrogen) atoms. The van der Waals surface area contributed by atoms with Crippen molar-refractivity contribution in [2.45, 2.75) is 32.1 Å². The molecule has 0 aliphatic heterocycles. The van der Waals surface area contributed by atoms with Crippen LogP contribution < -0.4 is 4.74 Å². The lowest BCUT2D eigenvalue weighted by molar-refractivity contribution is 0.134. The lowest BCUT2D eigenvalue weighted by Gasteiger charge is -2.04. The summed E-state index contributed by atoms with van der Waals surface area (Å²) in [5.41, 5.74) is 1.01. The predicted octanol–water partition coefficient (Wildman–Crippen LogP) is 4.78. The molecule has 0 saturated heterocycles. The van der Waals surface area contributed by atoms with E-state index >= 15 is 0 Å². The van der Waals surface area contributed by atoms with E-state index in [0.29, 0.717) is 5.75 Å². The van der Waals surface area contributed by atoms with Crippen LogP contribution in [0.25, 0.3) is 6.08 Å².